The molecule has 17 heavy (non-hydrogen) atoms. The Morgan fingerprint density at radius 1 is 1.29 bits per heavy atom. The second-order valence-electron chi connectivity index (χ2n) is 4.95. The van der Waals surface area contributed by atoms with E-state index in [2.05, 4.69) is 18.3 Å². The van der Waals surface area contributed by atoms with Gasteiger partial charge in [-0.1, -0.05) is 37.8 Å². The van der Waals surface area contributed by atoms with E-state index >= 15 is 0 Å². The molecule has 2 unspecified atom stereocenters. The number of thiophene rings is 1. The number of nitrogens with one attached hydrogen (secondary N) is 1. The van der Waals surface area contributed by atoms with E-state index in [-0.39, 0.29) is 0 Å². The van der Waals surface area contributed by atoms with Crippen LogP contribution in [-0.4, -0.2) is 12.6 Å². The van der Waals surface area contributed by atoms with Gasteiger partial charge in [0.2, 0.25) is 0 Å². The fraction of sp³-hybridized carbons (Fsp3) is 0.714. The summed E-state index contributed by atoms with van der Waals surface area (Å²) in [7, 11) is 0. The first kappa shape index (κ1) is 13.4. The molecule has 1 saturated carbocycles. The highest BCUT2D eigenvalue weighted by atomic mass is 35.5. The fourth-order valence-corrected chi connectivity index (χ4v) is 4.01. The summed E-state index contributed by atoms with van der Waals surface area (Å²) in [6.07, 6.45) is 7.98. The summed E-state index contributed by atoms with van der Waals surface area (Å²) in [6, 6.07) is 4.93. The smallest absolute Gasteiger partial charge is 0.0931 e. The van der Waals surface area contributed by atoms with Crippen LogP contribution < -0.4 is 5.32 Å². The summed E-state index contributed by atoms with van der Waals surface area (Å²) in [4.78, 5) is 1.48. The van der Waals surface area contributed by atoms with Gasteiger partial charge in [-0.3, -0.25) is 0 Å². The normalized spacial score (nSPS) is 25.8. The van der Waals surface area contributed by atoms with Crippen LogP contribution in [0.15, 0.2) is 12.1 Å². The molecule has 3 heteroatoms. The molecule has 1 heterocycles. The van der Waals surface area contributed by atoms with E-state index in [0.29, 0.717) is 12.0 Å². The lowest BCUT2D eigenvalue weighted by atomic mass is 9.93. The third-order valence-electron chi connectivity index (χ3n) is 3.63. The molecule has 1 aromatic rings. The molecule has 1 aliphatic carbocycles. The summed E-state index contributed by atoms with van der Waals surface area (Å²) < 4.78 is 0.929. The Kier molecular flexibility index (Phi) is 5.33. The molecule has 0 amide bonds. The van der Waals surface area contributed by atoms with Gasteiger partial charge in [0.05, 0.1) is 4.34 Å². The first-order chi connectivity index (χ1) is 8.31. The lowest BCUT2D eigenvalue weighted by molar-refractivity contribution is 0.415. The van der Waals surface area contributed by atoms with Gasteiger partial charge in [0.15, 0.2) is 0 Å². The lowest BCUT2D eigenvalue weighted by Crippen LogP contribution is -2.34. The molecule has 1 aliphatic rings. The Morgan fingerprint density at radius 2 is 2.12 bits per heavy atom. The molecule has 1 nitrogen and oxygen atoms in total. The van der Waals surface area contributed by atoms with E-state index < -0.39 is 0 Å². The molecule has 2 rings (SSSR count). The summed E-state index contributed by atoms with van der Waals surface area (Å²) in [5.41, 5.74) is 0. The van der Waals surface area contributed by atoms with Gasteiger partial charge in [-0.2, -0.15) is 0 Å². The van der Waals surface area contributed by atoms with Crippen molar-refractivity contribution in [1.29, 1.82) is 0 Å². The summed E-state index contributed by atoms with van der Waals surface area (Å²) in [5.74, 6) is 0.682. The zero-order valence-electron chi connectivity index (χ0n) is 10.5. The Labute approximate surface area is 114 Å². The maximum Gasteiger partial charge on any atom is 0.0931 e. The summed E-state index contributed by atoms with van der Waals surface area (Å²) in [6.45, 7) is 3.38. The van der Waals surface area contributed by atoms with Gasteiger partial charge in [-0.05, 0) is 37.9 Å². The molecule has 1 N–H and O–H groups in total. The molecule has 0 radical (unpaired) electrons. The van der Waals surface area contributed by atoms with E-state index in [1.807, 2.05) is 6.07 Å². The van der Waals surface area contributed by atoms with Crippen LogP contribution in [0.4, 0.5) is 0 Å². The maximum absolute atomic E-state index is 6.07. The van der Waals surface area contributed by atoms with Crippen molar-refractivity contribution in [3.05, 3.63) is 21.3 Å². The highest BCUT2D eigenvalue weighted by Gasteiger charge is 2.25. The molecular formula is C14H22ClNS. The second kappa shape index (κ2) is 6.77. The van der Waals surface area contributed by atoms with Crippen LogP contribution in [-0.2, 0) is 0 Å². The lowest BCUT2D eigenvalue weighted by Gasteiger charge is -2.25. The van der Waals surface area contributed by atoms with Crippen molar-refractivity contribution in [3.63, 3.8) is 0 Å². The van der Waals surface area contributed by atoms with Crippen molar-refractivity contribution in [2.45, 2.75) is 57.4 Å². The molecule has 0 aromatic carbocycles. The highest BCUT2D eigenvalue weighted by molar-refractivity contribution is 7.16. The Balaban J connectivity index is 2.08. The molecule has 0 saturated heterocycles. The molecule has 2 atom stereocenters. The molecule has 1 fully saturated rings. The van der Waals surface area contributed by atoms with Crippen LogP contribution in [0.3, 0.4) is 0 Å². The van der Waals surface area contributed by atoms with Gasteiger partial charge in [0.1, 0.15) is 0 Å². The molecule has 0 aliphatic heterocycles. The molecule has 0 bridgehead atoms. The Morgan fingerprint density at radius 3 is 2.82 bits per heavy atom. The van der Waals surface area contributed by atoms with Crippen LogP contribution in [0.25, 0.3) is 0 Å². The molecule has 0 spiro atoms. The minimum atomic E-state index is 0.659. The number of hydrogen-bond acceptors (Lipinski definition) is 2. The predicted molar refractivity (Wildman–Crippen MR) is 77.2 cm³/mol. The maximum atomic E-state index is 6.07. The summed E-state index contributed by atoms with van der Waals surface area (Å²) in [5, 5.41) is 3.73. The van der Waals surface area contributed by atoms with E-state index in [1.165, 1.54) is 43.4 Å². The number of rotatable bonds is 4. The second-order valence-corrected chi connectivity index (χ2v) is 6.69. The van der Waals surface area contributed by atoms with Crippen molar-refractivity contribution in [1.82, 2.24) is 5.32 Å². The van der Waals surface area contributed by atoms with Gasteiger partial charge >= 0.3 is 0 Å². The SMILES string of the molecule is CCCNC1CCCCCC1c1ccc(Cl)s1. The quantitative estimate of drug-likeness (QED) is 0.775. The van der Waals surface area contributed by atoms with Crippen molar-refractivity contribution < 1.29 is 0 Å². The standard InChI is InChI=1S/C14H22ClNS/c1-2-10-16-12-7-5-3-4-6-11(12)13-8-9-14(15)17-13/h8-9,11-12,16H,2-7,10H2,1H3. The average molecular weight is 272 g/mol. The summed E-state index contributed by atoms with van der Waals surface area (Å²) >= 11 is 7.84. The number of halogens is 1. The third kappa shape index (κ3) is 3.70. The van der Waals surface area contributed by atoms with Crippen molar-refractivity contribution in [2.75, 3.05) is 6.54 Å². The Bertz CT molecular complexity index is 337. The van der Waals surface area contributed by atoms with Crippen LogP contribution in [0.5, 0.6) is 0 Å². The van der Waals surface area contributed by atoms with Gasteiger partial charge < -0.3 is 5.32 Å². The minimum absolute atomic E-state index is 0.659. The molecule has 1 aromatic heterocycles. The van der Waals surface area contributed by atoms with Gasteiger partial charge in [0.25, 0.3) is 0 Å². The molecular weight excluding hydrogens is 250 g/mol. The average Bonchev–Trinajstić information content (AvgIpc) is 2.63. The Hall–Kier alpha value is -0.0500. The number of hydrogen-bond donors (Lipinski definition) is 1. The van der Waals surface area contributed by atoms with E-state index in [4.69, 9.17) is 11.6 Å². The highest BCUT2D eigenvalue weighted by Crippen LogP contribution is 2.37. The van der Waals surface area contributed by atoms with E-state index in [9.17, 15) is 0 Å². The van der Waals surface area contributed by atoms with Crippen LogP contribution in [0.2, 0.25) is 4.34 Å². The van der Waals surface area contributed by atoms with Gasteiger partial charge in [0, 0.05) is 16.8 Å². The van der Waals surface area contributed by atoms with E-state index in [1.54, 1.807) is 11.3 Å². The monoisotopic (exact) mass is 271 g/mol. The first-order valence-corrected chi connectivity index (χ1v) is 7.99. The van der Waals surface area contributed by atoms with Crippen LogP contribution in [0.1, 0.15) is 56.2 Å². The zero-order valence-corrected chi connectivity index (χ0v) is 12.1. The van der Waals surface area contributed by atoms with Crippen LogP contribution >= 0.6 is 22.9 Å². The fourth-order valence-electron chi connectivity index (χ4n) is 2.75. The predicted octanol–water partition coefficient (Wildman–Crippen LogP) is 4.82. The minimum Gasteiger partial charge on any atom is -0.313 e. The van der Waals surface area contributed by atoms with Crippen molar-refractivity contribution >= 4 is 22.9 Å². The first-order valence-electron chi connectivity index (χ1n) is 6.80. The van der Waals surface area contributed by atoms with Gasteiger partial charge in [-0.25, -0.2) is 0 Å². The van der Waals surface area contributed by atoms with E-state index in [0.717, 1.165) is 10.9 Å². The zero-order chi connectivity index (χ0) is 12.1. The largest absolute Gasteiger partial charge is 0.313 e. The van der Waals surface area contributed by atoms with Gasteiger partial charge in [-0.15, -0.1) is 11.3 Å². The van der Waals surface area contributed by atoms with Crippen molar-refractivity contribution in [2.24, 2.45) is 0 Å². The topological polar surface area (TPSA) is 12.0 Å². The third-order valence-corrected chi connectivity index (χ3v) is 4.99. The van der Waals surface area contributed by atoms with Crippen LogP contribution in [0, 0.1) is 0 Å². The van der Waals surface area contributed by atoms with Crippen molar-refractivity contribution in [3.8, 4) is 0 Å². The molecule has 96 valence electrons.